The number of hydrogen-bond donors (Lipinski definition) is 3. The number of carbonyl (C=O) groups excluding carboxylic acids is 4. The van der Waals surface area contributed by atoms with Crippen LogP contribution in [0.4, 0.5) is 0 Å². The molecule has 0 aromatic rings. The lowest BCUT2D eigenvalue weighted by Gasteiger charge is -2.21. The lowest BCUT2D eigenvalue weighted by Crippen LogP contribution is -2.30. The van der Waals surface area contributed by atoms with E-state index in [4.69, 9.17) is 37.0 Å². The number of allylic oxidation sites excluding steroid dienone is 27. The molecule has 5 atom stereocenters. The minimum atomic E-state index is -5.01. The number of phosphoric ester groups is 2. The van der Waals surface area contributed by atoms with Gasteiger partial charge in [0.15, 0.2) is 12.2 Å². The maximum absolute atomic E-state index is 13.1. The summed E-state index contributed by atoms with van der Waals surface area (Å²) in [6.07, 6.45) is 89.6. The van der Waals surface area contributed by atoms with Gasteiger partial charge in [-0.15, -0.1) is 0 Å². The smallest absolute Gasteiger partial charge is 0.462 e. The van der Waals surface area contributed by atoms with Crippen molar-refractivity contribution in [3.05, 3.63) is 170 Å². The van der Waals surface area contributed by atoms with Crippen LogP contribution >= 0.6 is 15.6 Å². The predicted molar refractivity (Wildman–Crippen MR) is 426 cm³/mol. The number of esters is 4. The van der Waals surface area contributed by atoms with Crippen molar-refractivity contribution in [3.63, 3.8) is 0 Å². The largest absolute Gasteiger partial charge is 0.472 e. The van der Waals surface area contributed by atoms with Gasteiger partial charge in [0.2, 0.25) is 0 Å². The predicted octanol–water partition coefficient (Wildman–Crippen LogP) is 23.0. The van der Waals surface area contributed by atoms with Crippen LogP contribution in [0.25, 0.3) is 0 Å². The average Bonchev–Trinajstić information content (AvgIpc) is 0.918. The Hall–Kier alpha value is -5.58. The molecule has 0 aliphatic heterocycles. The van der Waals surface area contributed by atoms with Crippen molar-refractivity contribution in [2.45, 2.75) is 303 Å². The first kappa shape index (κ1) is 98.4. The average molecular weight is 1490 g/mol. The number of hydrogen-bond acceptors (Lipinski definition) is 15. The van der Waals surface area contributed by atoms with Crippen LogP contribution in [0.3, 0.4) is 0 Å². The fourth-order valence-electron chi connectivity index (χ4n) is 9.86. The molecule has 0 bridgehead atoms. The van der Waals surface area contributed by atoms with E-state index in [1.807, 2.05) is 36.5 Å². The third-order valence-corrected chi connectivity index (χ3v) is 17.6. The second kappa shape index (κ2) is 75.6. The number of carbonyl (C=O) groups is 4. The van der Waals surface area contributed by atoms with E-state index >= 15 is 0 Å². The number of aliphatic hydroxyl groups excluding tert-OH is 1. The summed E-state index contributed by atoms with van der Waals surface area (Å²) in [5.74, 6) is -2.45. The molecule has 104 heavy (non-hydrogen) atoms. The second-order valence-corrected chi connectivity index (χ2v) is 28.4. The number of unbranched alkanes of at least 4 members (excludes halogenated alkanes) is 19. The van der Waals surface area contributed by atoms with E-state index in [-0.39, 0.29) is 25.7 Å². The fraction of sp³-hybridized carbons (Fsp3) is 0.624. The molecule has 3 N–H and O–H groups in total. The molecule has 19 heteroatoms. The van der Waals surface area contributed by atoms with Crippen molar-refractivity contribution in [2.24, 2.45) is 0 Å². The normalized spacial score (nSPS) is 14.8. The van der Waals surface area contributed by atoms with Crippen LogP contribution < -0.4 is 0 Å². The van der Waals surface area contributed by atoms with E-state index < -0.39 is 97.5 Å². The van der Waals surface area contributed by atoms with Gasteiger partial charge in [0.05, 0.1) is 32.8 Å². The molecule has 0 aliphatic rings. The SMILES string of the molecule is CC/C=C\C/C=C\C/C=C\C/C=C\C/C=C\C/C=C\CCC(=O)OCC(COP(=O)(O)OCC(O)COP(=O)(O)OCC(COC(=O)C/C=C\C/C=C\C/C=C\C/C=C\C/C=C\CC)OC(=O)CCCCCCC/C=C\C/C=C\C/C=C\CC)OC(=O)CCCCCCCCCCCCCCCCC. The molecule has 0 amide bonds. The highest BCUT2D eigenvalue weighted by molar-refractivity contribution is 7.47. The van der Waals surface area contributed by atoms with Crippen LogP contribution in [-0.4, -0.2) is 96.7 Å². The zero-order valence-electron chi connectivity index (χ0n) is 64.4. The molecule has 0 heterocycles. The molecular formula is C85H138O17P2. The summed E-state index contributed by atoms with van der Waals surface area (Å²) in [6, 6.07) is 0. The molecule has 0 saturated carbocycles. The minimum absolute atomic E-state index is 0.0307. The van der Waals surface area contributed by atoms with Crippen molar-refractivity contribution in [1.29, 1.82) is 0 Å². The molecule has 17 nitrogen and oxygen atoms in total. The molecule has 0 fully saturated rings. The number of rotatable bonds is 72. The van der Waals surface area contributed by atoms with Gasteiger partial charge in [-0.1, -0.05) is 307 Å². The fourth-order valence-corrected chi connectivity index (χ4v) is 11.4. The molecule has 0 radical (unpaired) electrons. The first-order valence-corrected chi connectivity index (χ1v) is 42.4. The maximum atomic E-state index is 13.1. The zero-order valence-corrected chi connectivity index (χ0v) is 66.2. The molecule has 0 aromatic heterocycles. The van der Waals surface area contributed by atoms with Gasteiger partial charge < -0.3 is 33.8 Å². The summed E-state index contributed by atoms with van der Waals surface area (Å²) >= 11 is 0. The van der Waals surface area contributed by atoms with Crippen molar-refractivity contribution in [3.8, 4) is 0 Å². The summed E-state index contributed by atoms with van der Waals surface area (Å²) in [5.41, 5.74) is 0. The van der Waals surface area contributed by atoms with Crippen molar-refractivity contribution in [1.82, 2.24) is 0 Å². The van der Waals surface area contributed by atoms with E-state index in [2.05, 4.69) is 155 Å². The summed E-state index contributed by atoms with van der Waals surface area (Å²) < 4.78 is 68.4. The first-order valence-electron chi connectivity index (χ1n) is 39.4. The monoisotopic (exact) mass is 1490 g/mol. The second-order valence-electron chi connectivity index (χ2n) is 25.5. The maximum Gasteiger partial charge on any atom is 0.472 e. The third kappa shape index (κ3) is 74.7. The van der Waals surface area contributed by atoms with Gasteiger partial charge in [0.1, 0.15) is 19.3 Å². The van der Waals surface area contributed by atoms with Gasteiger partial charge in [-0.05, 0) is 122 Å². The van der Waals surface area contributed by atoms with Crippen molar-refractivity contribution in [2.75, 3.05) is 39.6 Å². The Labute approximate surface area is 629 Å². The van der Waals surface area contributed by atoms with E-state index in [9.17, 15) is 43.2 Å². The van der Waals surface area contributed by atoms with Crippen LogP contribution in [-0.2, 0) is 65.4 Å². The highest BCUT2D eigenvalue weighted by Gasteiger charge is 2.30. The van der Waals surface area contributed by atoms with Crippen LogP contribution in [0.15, 0.2) is 170 Å². The van der Waals surface area contributed by atoms with E-state index in [1.165, 1.54) is 64.2 Å². The quantitative estimate of drug-likeness (QED) is 0.0169. The molecule has 0 saturated heterocycles. The van der Waals surface area contributed by atoms with Crippen LogP contribution in [0.1, 0.15) is 285 Å². The van der Waals surface area contributed by atoms with Gasteiger partial charge in [-0.2, -0.15) is 0 Å². The van der Waals surface area contributed by atoms with Crippen molar-refractivity contribution >= 4 is 39.5 Å². The topological polar surface area (TPSA) is 237 Å². The number of ether oxygens (including phenoxy) is 4. The summed E-state index contributed by atoms with van der Waals surface area (Å²) in [4.78, 5) is 72.9. The molecule has 0 spiro atoms. The van der Waals surface area contributed by atoms with E-state index in [0.717, 1.165) is 135 Å². The summed E-state index contributed by atoms with van der Waals surface area (Å²) in [7, 11) is -10.0. The summed E-state index contributed by atoms with van der Waals surface area (Å²) in [6.45, 7) is 4.31. The molecule has 0 aromatic carbocycles. The Morgan fingerprint density at radius 1 is 0.288 bits per heavy atom. The molecule has 5 unspecified atom stereocenters. The lowest BCUT2D eigenvalue weighted by atomic mass is 10.0. The third-order valence-electron chi connectivity index (χ3n) is 15.7. The highest BCUT2D eigenvalue weighted by atomic mass is 31.2. The van der Waals surface area contributed by atoms with Gasteiger partial charge in [-0.25, -0.2) is 9.13 Å². The lowest BCUT2D eigenvalue weighted by molar-refractivity contribution is -0.161. The molecule has 0 rings (SSSR count). The van der Waals surface area contributed by atoms with Gasteiger partial charge in [0, 0.05) is 19.3 Å². The Morgan fingerprint density at radius 3 is 0.894 bits per heavy atom. The van der Waals surface area contributed by atoms with Crippen LogP contribution in [0.5, 0.6) is 0 Å². The molecule has 590 valence electrons. The standard InChI is InChI=1S/C85H138O17P2/c1-5-9-13-17-21-25-29-33-37-38-39-40-44-46-50-54-58-62-66-70-83(88)96-76-81(102-85(90)72-68-64-60-56-52-48-43-36-32-28-24-20-16-12-8-4)78-100-104(93,94)98-74-79(86)73-97-103(91,92)99-77-80(101-84(89)71-67-63-59-55-51-47-42-35-31-27-23-19-15-11-7-3)75-95-82(87)69-65-61-57-53-49-45-41-34-30-26-22-18-14-10-6-2/h9-11,13-15,21-23,25-27,33-35,37,39-42,46,49-50,53,58,61-62,65,79-81,86H,5-8,12,16-20,24,28-32,36,38,43-45,47-48,51-52,54-57,59-60,63-64,66-78H2,1-4H3,(H,91,92)(H,93,94)/b13-9-,14-10-,15-11-,25-21-,26-22-,27-23-,37-33-,40-39-,41-34-,42-35-,50-46-,53-49-,62-58-,65-61-. The number of phosphoric acid groups is 2. The number of aliphatic hydroxyl groups is 1. The van der Waals surface area contributed by atoms with Gasteiger partial charge >= 0.3 is 39.5 Å². The summed E-state index contributed by atoms with van der Waals surface area (Å²) in [5, 5.41) is 10.6. The van der Waals surface area contributed by atoms with Crippen LogP contribution in [0, 0.1) is 0 Å². The molecule has 0 aliphatic carbocycles. The first-order chi connectivity index (χ1) is 50.7. The van der Waals surface area contributed by atoms with E-state index in [0.29, 0.717) is 32.1 Å². The minimum Gasteiger partial charge on any atom is -0.462 e. The Morgan fingerprint density at radius 2 is 0.558 bits per heavy atom. The Kier molecular flexibility index (Phi) is 71.6. The van der Waals surface area contributed by atoms with Gasteiger partial charge in [-0.3, -0.25) is 37.3 Å². The van der Waals surface area contributed by atoms with Crippen molar-refractivity contribution < 1.29 is 80.2 Å². The zero-order chi connectivity index (χ0) is 76.0. The Balaban J connectivity index is 5.51. The highest BCUT2D eigenvalue weighted by Crippen LogP contribution is 2.45. The van der Waals surface area contributed by atoms with E-state index in [1.54, 1.807) is 6.08 Å². The van der Waals surface area contributed by atoms with Gasteiger partial charge in [0.25, 0.3) is 0 Å². The Bertz CT molecular complexity index is 2640. The molecular weight excluding hydrogens is 1350 g/mol. The van der Waals surface area contributed by atoms with Crippen LogP contribution in [0.2, 0.25) is 0 Å².